The van der Waals surface area contributed by atoms with Crippen molar-refractivity contribution in [2.24, 2.45) is 0 Å². The fourth-order valence-electron chi connectivity index (χ4n) is 2.36. The fourth-order valence-corrected chi connectivity index (χ4v) is 2.36. The smallest absolute Gasteiger partial charge is 0.0704 e. The van der Waals surface area contributed by atoms with Gasteiger partial charge in [0.25, 0.3) is 0 Å². The molecule has 0 spiro atoms. The number of aryl methyl sites for hydroxylation is 1. The minimum atomic E-state index is -2.16. The molecule has 0 amide bonds. The van der Waals surface area contributed by atoms with Crippen molar-refractivity contribution in [3.63, 3.8) is 0 Å². The molecule has 21 heavy (non-hydrogen) atoms. The highest BCUT2D eigenvalue weighted by Gasteiger charge is 2.09. The molecule has 1 nitrogen and oxygen atoms in total. The maximum atomic E-state index is 8.80. The Morgan fingerprint density at radius 1 is 0.952 bits per heavy atom. The molecule has 0 saturated heterocycles. The van der Waals surface area contributed by atoms with E-state index in [4.69, 9.17) is 5.48 Å². The summed E-state index contributed by atoms with van der Waals surface area (Å²) in [5, 5.41) is 0. The van der Waals surface area contributed by atoms with Gasteiger partial charge in [-0.1, -0.05) is 55.5 Å². The Bertz CT molecular complexity index is 870. The summed E-state index contributed by atoms with van der Waals surface area (Å²) in [7, 11) is 0. The quantitative estimate of drug-likeness (QED) is 0.640. The topological polar surface area (TPSA) is 12.9 Å². The van der Waals surface area contributed by atoms with E-state index >= 15 is 0 Å². The first-order valence-electron chi connectivity index (χ1n) is 8.91. The Hall–Kier alpha value is -2.41. The molecule has 0 aliphatic carbocycles. The van der Waals surface area contributed by atoms with Crippen LogP contribution in [-0.2, 0) is 0 Å². The summed E-state index contributed by atoms with van der Waals surface area (Å²) in [6.45, 7) is -0.309. The van der Waals surface area contributed by atoms with Gasteiger partial charge < -0.3 is 0 Å². The van der Waals surface area contributed by atoms with E-state index in [-0.39, 0.29) is 5.56 Å². The number of aromatic nitrogens is 1. The average molecular weight is 277 g/mol. The van der Waals surface area contributed by atoms with E-state index in [2.05, 4.69) is 4.98 Å². The molecule has 1 unspecified atom stereocenters. The van der Waals surface area contributed by atoms with Crippen LogP contribution in [0.3, 0.4) is 0 Å². The second-order valence-corrected chi connectivity index (χ2v) is 5.00. The lowest BCUT2D eigenvalue weighted by Gasteiger charge is -2.13. The van der Waals surface area contributed by atoms with Crippen molar-refractivity contribution in [1.82, 2.24) is 4.98 Å². The van der Waals surface area contributed by atoms with Gasteiger partial charge in [-0.15, -0.1) is 0 Å². The van der Waals surface area contributed by atoms with Crippen molar-refractivity contribution in [2.45, 2.75) is 19.7 Å². The van der Waals surface area contributed by atoms with Crippen molar-refractivity contribution in [3.05, 3.63) is 89.6 Å². The molecular formula is C20H19N. The van der Waals surface area contributed by atoms with Gasteiger partial charge in [-0.2, -0.15) is 0 Å². The molecule has 0 bridgehead atoms. The van der Waals surface area contributed by atoms with E-state index < -0.39 is 12.7 Å². The summed E-state index contributed by atoms with van der Waals surface area (Å²) < 4.78 is 31.5. The predicted molar refractivity (Wildman–Crippen MR) is 88.4 cm³/mol. The number of hydrogen-bond acceptors (Lipinski definition) is 1. The van der Waals surface area contributed by atoms with Crippen molar-refractivity contribution in [3.8, 4) is 11.3 Å². The van der Waals surface area contributed by atoms with Crippen LogP contribution in [0.15, 0.2) is 72.9 Å². The highest BCUT2D eigenvalue weighted by Crippen LogP contribution is 2.27. The maximum Gasteiger partial charge on any atom is 0.0704 e. The number of nitrogens with zero attached hydrogens (tertiary/aromatic N) is 1. The molecule has 0 saturated carbocycles. The third kappa shape index (κ3) is 3.03. The SMILES string of the molecule is [2H]C([2H])([2H])c1ccnc(-c2cccc(C([2H])(C)c3ccccc3)c2)c1. The number of rotatable bonds is 3. The Morgan fingerprint density at radius 3 is 2.57 bits per heavy atom. The molecule has 0 N–H and O–H groups in total. The monoisotopic (exact) mass is 277 g/mol. The van der Waals surface area contributed by atoms with E-state index in [0.29, 0.717) is 5.69 Å². The van der Waals surface area contributed by atoms with Crippen LogP contribution in [-0.4, -0.2) is 4.98 Å². The molecule has 2 aromatic carbocycles. The van der Waals surface area contributed by atoms with E-state index in [9.17, 15) is 0 Å². The molecular weight excluding hydrogens is 254 g/mol. The van der Waals surface area contributed by atoms with Gasteiger partial charge in [0.05, 0.1) is 5.69 Å². The molecule has 104 valence electrons. The molecule has 1 aromatic heterocycles. The molecule has 0 aliphatic heterocycles. The molecule has 1 atom stereocenters. The van der Waals surface area contributed by atoms with Crippen LogP contribution in [0, 0.1) is 6.85 Å². The van der Waals surface area contributed by atoms with E-state index in [1.54, 1.807) is 6.07 Å². The summed E-state index contributed by atoms with van der Waals surface area (Å²) in [4.78, 5) is 4.31. The second kappa shape index (κ2) is 5.92. The highest BCUT2D eigenvalue weighted by atomic mass is 14.7. The summed E-state index contributed by atoms with van der Waals surface area (Å²) >= 11 is 0. The van der Waals surface area contributed by atoms with E-state index in [0.717, 1.165) is 16.7 Å². The molecule has 1 heteroatoms. The first-order chi connectivity index (χ1) is 11.8. The normalized spacial score (nSPS) is 17.0. The van der Waals surface area contributed by atoms with Gasteiger partial charge in [-0.05, 0) is 41.7 Å². The highest BCUT2D eigenvalue weighted by molar-refractivity contribution is 5.61. The van der Waals surface area contributed by atoms with Crippen LogP contribution < -0.4 is 0 Å². The molecule has 3 aromatic rings. The van der Waals surface area contributed by atoms with Gasteiger partial charge in [0.2, 0.25) is 0 Å². The third-order valence-corrected chi connectivity index (χ3v) is 3.56. The van der Waals surface area contributed by atoms with Crippen LogP contribution in [0.4, 0.5) is 0 Å². The third-order valence-electron chi connectivity index (χ3n) is 3.56. The van der Waals surface area contributed by atoms with Gasteiger partial charge in [0.15, 0.2) is 0 Å². The van der Waals surface area contributed by atoms with Crippen LogP contribution in [0.2, 0.25) is 0 Å². The van der Waals surface area contributed by atoms with Gasteiger partial charge in [0, 0.05) is 23.1 Å². The van der Waals surface area contributed by atoms with Crippen molar-refractivity contribution in [1.29, 1.82) is 0 Å². The van der Waals surface area contributed by atoms with Gasteiger partial charge in [-0.25, -0.2) is 0 Å². The van der Waals surface area contributed by atoms with Gasteiger partial charge in [0.1, 0.15) is 0 Å². The lowest BCUT2D eigenvalue weighted by Crippen LogP contribution is -1.96. The first-order valence-corrected chi connectivity index (χ1v) is 6.91. The lowest BCUT2D eigenvalue weighted by atomic mass is 9.91. The van der Waals surface area contributed by atoms with Crippen molar-refractivity contribution >= 4 is 0 Å². The molecule has 1 heterocycles. The molecule has 0 radical (unpaired) electrons. The van der Waals surface area contributed by atoms with E-state index in [1.165, 1.54) is 12.3 Å². The molecule has 0 fully saturated rings. The number of benzene rings is 2. The Kier molecular flexibility index (Phi) is 2.68. The average Bonchev–Trinajstić information content (AvgIpc) is 2.62. The van der Waals surface area contributed by atoms with Crippen LogP contribution in [0.5, 0.6) is 0 Å². The van der Waals surface area contributed by atoms with Crippen LogP contribution in [0.1, 0.15) is 35.0 Å². The Balaban J connectivity index is 2.03. The minimum absolute atomic E-state index is 0.264. The Labute approximate surface area is 131 Å². The summed E-state index contributed by atoms with van der Waals surface area (Å²) in [5.41, 5.74) is 3.39. The van der Waals surface area contributed by atoms with Crippen LogP contribution in [0.25, 0.3) is 11.3 Å². The minimum Gasteiger partial charge on any atom is -0.256 e. The zero-order valence-corrected chi connectivity index (χ0v) is 11.9. The van der Waals surface area contributed by atoms with Crippen molar-refractivity contribution < 1.29 is 5.48 Å². The summed E-state index contributed by atoms with van der Waals surface area (Å²) in [5.74, 6) is -0.904. The molecule has 0 aliphatic rings. The zero-order valence-electron chi connectivity index (χ0n) is 15.9. The lowest BCUT2D eigenvalue weighted by molar-refractivity contribution is 0.923. The van der Waals surface area contributed by atoms with Crippen molar-refractivity contribution in [2.75, 3.05) is 0 Å². The Morgan fingerprint density at radius 2 is 1.76 bits per heavy atom. The number of hydrogen-bond donors (Lipinski definition) is 0. The summed E-state index contributed by atoms with van der Waals surface area (Å²) in [6.07, 6.45) is 1.51. The number of pyridine rings is 1. The van der Waals surface area contributed by atoms with Gasteiger partial charge in [-0.3, -0.25) is 4.98 Å². The summed E-state index contributed by atoms with van der Waals surface area (Å²) in [6, 6.07) is 20.3. The van der Waals surface area contributed by atoms with E-state index in [1.807, 2.05) is 61.5 Å². The maximum absolute atomic E-state index is 8.80. The first kappa shape index (κ1) is 9.51. The second-order valence-electron chi connectivity index (χ2n) is 5.00. The van der Waals surface area contributed by atoms with Gasteiger partial charge >= 0.3 is 0 Å². The molecule has 3 rings (SSSR count). The van der Waals surface area contributed by atoms with Crippen LogP contribution >= 0.6 is 0 Å². The fraction of sp³-hybridized carbons (Fsp3) is 0.150. The predicted octanol–water partition coefficient (Wildman–Crippen LogP) is 5.21. The largest absolute Gasteiger partial charge is 0.256 e. The standard InChI is InChI=1S/C20H19N/c1-15-11-12-21-20(13-15)19-10-6-9-18(14-19)16(2)17-7-4-3-5-8-17/h3-14,16H,1-2H3/i1D3,16D. The zero-order chi connectivity index (χ0) is 18.1.